The molecule has 2 nitrogen and oxygen atoms in total. The van der Waals surface area contributed by atoms with Crippen LogP contribution in [0.5, 0.6) is 5.75 Å². The van der Waals surface area contributed by atoms with Crippen molar-refractivity contribution in [2.45, 2.75) is 78.6 Å². The first-order valence-corrected chi connectivity index (χ1v) is 10.9. The lowest BCUT2D eigenvalue weighted by Gasteiger charge is -2.14. The highest BCUT2D eigenvalue weighted by molar-refractivity contribution is 5.67. The van der Waals surface area contributed by atoms with Crippen LogP contribution >= 0.6 is 0 Å². The molecule has 2 rings (SSSR count). The number of rotatable bonds is 13. The van der Waals surface area contributed by atoms with E-state index in [2.05, 4.69) is 56.1 Å². The maximum Gasteiger partial charge on any atom is 0.128 e. The van der Waals surface area contributed by atoms with Crippen LogP contribution in [0.3, 0.4) is 0 Å². The van der Waals surface area contributed by atoms with Gasteiger partial charge in [0.15, 0.2) is 0 Å². The molecule has 1 aromatic heterocycles. The Labute approximate surface area is 166 Å². The lowest BCUT2D eigenvalue weighted by molar-refractivity contribution is 0.257. The Bertz CT molecular complexity index is 652. The van der Waals surface area contributed by atoms with Crippen molar-refractivity contribution in [3.8, 4) is 17.0 Å². The lowest BCUT2D eigenvalue weighted by Crippen LogP contribution is -2.08. The maximum atomic E-state index is 6.09. The minimum Gasteiger partial charge on any atom is -0.493 e. The van der Waals surface area contributed by atoms with Crippen LogP contribution in [0, 0.1) is 5.92 Å². The molecular formula is C25H37NO. The van der Waals surface area contributed by atoms with Gasteiger partial charge >= 0.3 is 0 Å². The molecule has 148 valence electrons. The fraction of sp³-hybridized carbons (Fsp3) is 0.560. The van der Waals surface area contributed by atoms with E-state index in [1.165, 1.54) is 50.5 Å². The average Bonchev–Trinajstić information content (AvgIpc) is 2.71. The summed E-state index contributed by atoms with van der Waals surface area (Å²) in [4.78, 5) is 4.62. The summed E-state index contributed by atoms with van der Waals surface area (Å²) in [6.07, 6.45) is 13.7. The second kappa shape index (κ2) is 12.5. The Morgan fingerprint density at radius 2 is 1.67 bits per heavy atom. The number of benzene rings is 1. The number of ether oxygens (including phenoxy) is 1. The van der Waals surface area contributed by atoms with Crippen LogP contribution in [0.1, 0.15) is 77.7 Å². The molecule has 0 aliphatic carbocycles. The van der Waals surface area contributed by atoms with Gasteiger partial charge in [-0.05, 0) is 48.6 Å². The van der Waals surface area contributed by atoms with Crippen molar-refractivity contribution in [3.05, 3.63) is 48.2 Å². The molecule has 2 aromatic rings. The molecule has 27 heavy (non-hydrogen) atoms. The molecule has 0 amide bonds. The van der Waals surface area contributed by atoms with Gasteiger partial charge in [0.1, 0.15) is 5.75 Å². The van der Waals surface area contributed by atoms with Gasteiger partial charge in [-0.3, -0.25) is 4.98 Å². The summed E-state index contributed by atoms with van der Waals surface area (Å²) in [5.74, 6) is 1.51. The van der Waals surface area contributed by atoms with E-state index in [0.29, 0.717) is 5.92 Å². The molecule has 0 spiro atoms. The molecule has 1 heterocycles. The number of aromatic nitrogens is 1. The summed E-state index contributed by atoms with van der Waals surface area (Å²) in [7, 11) is 0. The summed E-state index contributed by atoms with van der Waals surface area (Å²) in [5, 5.41) is 0. The van der Waals surface area contributed by atoms with Gasteiger partial charge in [-0.1, -0.05) is 77.8 Å². The molecular weight excluding hydrogens is 330 g/mol. The largest absolute Gasteiger partial charge is 0.493 e. The number of pyridine rings is 1. The van der Waals surface area contributed by atoms with Crippen molar-refractivity contribution in [2.75, 3.05) is 6.61 Å². The van der Waals surface area contributed by atoms with E-state index in [4.69, 9.17) is 4.74 Å². The zero-order valence-corrected chi connectivity index (χ0v) is 17.5. The second-order valence-corrected chi connectivity index (χ2v) is 7.74. The highest BCUT2D eigenvalue weighted by Crippen LogP contribution is 2.29. The van der Waals surface area contributed by atoms with Gasteiger partial charge in [0, 0.05) is 11.8 Å². The van der Waals surface area contributed by atoms with Crippen LogP contribution in [0.15, 0.2) is 42.6 Å². The topological polar surface area (TPSA) is 22.1 Å². The first-order valence-electron chi connectivity index (χ1n) is 10.9. The van der Waals surface area contributed by atoms with Crippen molar-refractivity contribution in [3.63, 3.8) is 0 Å². The van der Waals surface area contributed by atoms with E-state index < -0.39 is 0 Å². The SMILES string of the molecule is CCCCCCCCCc1ccnc(-c2ccccc2OCC(C)CC)c1. The van der Waals surface area contributed by atoms with E-state index in [1.807, 2.05) is 12.3 Å². The number of para-hydroxylation sites is 1. The second-order valence-electron chi connectivity index (χ2n) is 7.74. The molecule has 1 atom stereocenters. The Kier molecular flexibility index (Phi) is 9.97. The molecule has 2 heteroatoms. The zero-order chi connectivity index (χ0) is 19.3. The summed E-state index contributed by atoms with van der Waals surface area (Å²) < 4.78 is 6.09. The number of nitrogens with zero attached hydrogens (tertiary/aromatic N) is 1. The van der Waals surface area contributed by atoms with Crippen LogP contribution < -0.4 is 4.74 Å². The average molecular weight is 368 g/mol. The quantitative estimate of drug-likeness (QED) is 0.343. The van der Waals surface area contributed by atoms with Crippen molar-refractivity contribution in [1.29, 1.82) is 0 Å². The third-order valence-corrected chi connectivity index (χ3v) is 5.28. The van der Waals surface area contributed by atoms with Gasteiger partial charge in [-0.2, -0.15) is 0 Å². The molecule has 0 bridgehead atoms. The first kappa shape index (κ1) is 21.5. The molecule has 0 saturated carbocycles. The van der Waals surface area contributed by atoms with E-state index in [-0.39, 0.29) is 0 Å². The number of unbranched alkanes of at least 4 members (excludes halogenated alkanes) is 6. The van der Waals surface area contributed by atoms with E-state index in [9.17, 15) is 0 Å². The van der Waals surface area contributed by atoms with Crippen molar-refractivity contribution < 1.29 is 4.74 Å². The van der Waals surface area contributed by atoms with E-state index >= 15 is 0 Å². The van der Waals surface area contributed by atoms with Crippen LogP contribution in [0.25, 0.3) is 11.3 Å². The minimum atomic E-state index is 0.565. The Hall–Kier alpha value is -1.83. The highest BCUT2D eigenvalue weighted by atomic mass is 16.5. The van der Waals surface area contributed by atoms with Crippen molar-refractivity contribution >= 4 is 0 Å². The smallest absolute Gasteiger partial charge is 0.128 e. The zero-order valence-electron chi connectivity index (χ0n) is 17.5. The molecule has 1 unspecified atom stereocenters. The number of hydrogen-bond acceptors (Lipinski definition) is 2. The third kappa shape index (κ3) is 7.74. The van der Waals surface area contributed by atoms with Gasteiger partial charge in [-0.15, -0.1) is 0 Å². The summed E-state index contributed by atoms with van der Waals surface area (Å²) in [6.45, 7) is 7.46. The van der Waals surface area contributed by atoms with Crippen molar-refractivity contribution in [1.82, 2.24) is 4.98 Å². The monoisotopic (exact) mass is 367 g/mol. The molecule has 0 radical (unpaired) electrons. The van der Waals surface area contributed by atoms with Crippen molar-refractivity contribution in [2.24, 2.45) is 5.92 Å². The summed E-state index contributed by atoms with van der Waals surface area (Å²) >= 11 is 0. The number of hydrogen-bond donors (Lipinski definition) is 0. The molecule has 0 saturated heterocycles. The molecule has 1 aromatic carbocycles. The predicted octanol–water partition coefficient (Wildman–Crippen LogP) is 7.47. The molecule has 0 aliphatic heterocycles. The third-order valence-electron chi connectivity index (χ3n) is 5.28. The standard InChI is InChI=1S/C25H37NO/c1-4-6-7-8-9-10-11-14-22-17-18-26-24(19-22)23-15-12-13-16-25(23)27-20-21(3)5-2/h12-13,15-19,21H,4-11,14,20H2,1-3H3. The molecule has 0 aliphatic rings. The van der Waals surface area contributed by atoms with Gasteiger partial charge in [0.2, 0.25) is 0 Å². The molecule has 0 fully saturated rings. The molecule has 0 N–H and O–H groups in total. The van der Waals surface area contributed by atoms with Gasteiger partial charge < -0.3 is 4.74 Å². The van der Waals surface area contributed by atoms with Crippen LogP contribution in [-0.2, 0) is 6.42 Å². The van der Waals surface area contributed by atoms with E-state index in [1.54, 1.807) is 0 Å². The van der Waals surface area contributed by atoms with Gasteiger partial charge in [-0.25, -0.2) is 0 Å². The Balaban J connectivity index is 1.93. The van der Waals surface area contributed by atoms with Crippen LogP contribution in [0.4, 0.5) is 0 Å². The predicted molar refractivity (Wildman–Crippen MR) is 116 cm³/mol. The summed E-state index contributed by atoms with van der Waals surface area (Å²) in [6, 6.07) is 12.7. The summed E-state index contributed by atoms with van der Waals surface area (Å²) in [5.41, 5.74) is 3.50. The Morgan fingerprint density at radius 3 is 2.44 bits per heavy atom. The Morgan fingerprint density at radius 1 is 0.926 bits per heavy atom. The number of aryl methyl sites for hydroxylation is 1. The lowest BCUT2D eigenvalue weighted by atomic mass is 10.0. The van der Waals surface area contributed by atoms with Gasteiger partial charge in [0.05, 0.1) is 12.3 Å². The fourth-order valence-corrected chi connectivity index (χ4v) is 3.22. The maximum absolute atomic E-state index is 6.09. The highest BCUT2D eigenvalue weighted by Gasteiger charge is 2.09. The normalized spacial score (nSPS) is 12.1. The minimum absolute atomic E-state index is 0.565. The van der Waals surface area contributed by atoms with Gasteiger partial charge in [0.25, 0.3) is 0 Å². The van der Waals surface area contributed by atoms with Crippen LogP contribution in [0.2, 0.25) is 0 Å². The fourth-order valence-electron chi connectivity index (χ4n) is 3.22. The van der Waals surface area contributed by atoms with E-state index in [0.717, 1.165) is 36.5 Å². The first-order chi connectivity index (χ1) is 13.2. The van der Waals surface area contributed by atoms with Crippen LogP contribution in [-0.4, -0.2) is 11.6 Å².